The molecule has 1 aliphatic rings. The maximum atomic E-state index is 12.8. The second kappa shape index (κ2) is 9.85. The minimum Gasteiger partial charge on any atom is -0.348 e. The van der Waals surface area contributed by atoms with Gasteiger partial charge in [-0.2, -0.15) is 0 Å². The molecule has 0 saturated carbocycles. The lowest BCUT2D eigenvalue weighted by molar-refractivity contribution is -0.140. The van der Waals surface area contributed by atoms with Gasteiger partial charge in [0.2, 0.25) is 11.8 Å². The molecule has 0 spiro atoms. The topological polar surface area (TPSA) is 49.4 Å². The van der Waals surface area contributed by atoms with Crippen molar-refractivity contribution in [3.05, 3.63) is 35.9 Å². The van der Waals surface area contributed by atoms with Gasteiger partial charge in [-0.15, -0.1) is 11.8 Å². The molecule has 1 aromatic carbocycles. The molecule has 3 atom stereocenters. The fourth-order valence-corrected chi connectivity index (χ4v) is 4.70. The SMILES string of the molecule is CCCCC(=O)N1[C@@H](CCC)SC[C@H]1C(=O)N[C@@H](C)c1ccccc1. The minimum absolute atomic E-state index is 0.0349. The molecule has 1 aliphatic heterocycles. The number of carbonyl (C=O) groups excluding carboxylic acids is 2. The highest BCUT2D eigenvalue weighted by atomic mass is 32.2. The first-order valence-electron chi connectivity index (χ1n) is 9.36. The molecule has 0 aromatic heterocycles. The van der Waals surface area contributed by atoms with Crippen molar-refractivity contribution in [2.45, 2.75) is 70.3 Å². The van der Waals surface area contributed by atoms with Crippen molar-refractivity contribution in [3.8, 4) is 0 Å². The van der Waals surface area contributed by atoms with Gasteiger partial charge in [0.15, 0.2) is 0 Å². The van der Waals surface area contributed by atoms with Crippen LogP contribution in [-0.2, 0) is 9.59 Å². The Bertz CT molecular complexity index is 564. The Morgan fingerprint density at radius 2 is 1.96 bits per heavy atom. The molecule has 25 heavy (non-hydrogen) atoms. The summed E-state index contributed by atoms with van der Waals surface area (Å²) in [4.78, 5) is 27.4. The Kier molecular flexibility index (Phi) is 7.82. The van der Waals surface area contributed by atoms with Gasteiger partial charge in [0, 0.05) is 12.2 Å². The zero-order valence-electron chi connectivity index (χ0n) is 15.5. The number of rotatable bonds is 8. The molecule has 0 radical (unpaired) electrons. The van der Waals surface area contributed by atoms with Crippen molar-refractivity contribution < 1.29 is 9.59 Å². The van der Waals surface area contributed by atoms with E-state index in [9.17, 15) is 9.59 Å². The second-order valence-electron chi connectivity index (χ2n) is 6.64. The molecule has 5 heteroatoms. The van der Waals surface area contributed by atoms with Gasteiger partial charge in [0.25, 0.3) is 0 Å². The van der Waals surface area contributed by atoms with E-state index in [1.54, 1.807) is 11.8 Å². The van der Waals surface area contributed by atoms with Gasteiger partial charge in [-0.25, -0.2) is 0 Å². The Balaban J connectivity index is 2.06. The van der Waals surface area contributed by atoms with Crippen molar-refractivity contribution in [2.24, 2.45) is 0 Å². The van der Waals surface area contributed by atoms with E-state index < -0.39 is 0 Å². The highest BCUT2D eigenvalue weighted by molar-refractivity contribution is 8.00. The summed E-state index contributed by atoms with van der Waals surface area (Å²) in [6.45, 7) is 6.20. The molecular formula is C20H30N2O2S. The lowest BCUT2D eigenvalue weighted by Crippen LogP contribution is -2.50. The van der Waals surface area contributed by atoms with Crippen LogP contribution in [0.1, 0.15) is 64.5 Å². The van der Waals surface area contributed by atoms with Crippen LogP contribution in [0.2, 0.25) is 0 Å². The predicted molar refractivity (Wildman–Crippen MR) is 104 cm³/mol. The van der Waals surface area contributed by atoms with Crippen LogP contribution >= 0.6 is 11.8 Å². The molecule has 0 aliphatic carbocycles. The first-order chi connectivity index (χ1) is 12.1. The molecule has 1 fully saturated rings. The number of carbonyl (C=O) groups is 2. The fourth-order valence-electron chi connectivity index (χ4n) is 3.16. The van der Waals surface area contributed by atoms with E-state index in [0.29, 0.717) is 12.2 Å². The third kappa shape index (κ3) is 5.24. The van der Waals surface area contributed by atoms with E-state index in [4.69, 9.17) is 0 Å². The Hall–Kier alpha value is -1.49. The molecular weight excluding hydrogens is 332 g/mol. The summed E-state index contributed by atoms with van der Waals surface area (Å²) in [6.07, 6.45) is 4.38. The molecule has 0 bridgehead atoms. The Labute approximate surface area is 155 Å². The molecule has 2 rings (SSSR count). The summed E-state index contributed by atoms with van der Waals surface area (Å²) in [7, 11) is 0. The number of nitrogens with zero attached hydrogens (tertiary/aromatic N) is 1. The van der Waals surface area contributed by atoms with Crippen molar-refractivity contribution in [1.82, 2.24) is 10.2 Å². The highest BCUT2D eigenvalue weighted by Gasteiger charge is 2.40. The average Bonchev–Trinajstić information content (AvgIpc) is 3.04. The summed E-state index contributed by atoms with van der Waals surface area (Å²) in [6, 6.07) is 9.53. The van der Waals surface area contributed by atoms with Gasteiger partial charge in [-0.1, -0.05) is 57.0 Å². The maximum Gasteiger partial charge on any atom is 0.244 e. The van der Waals surface area contributed by atoms with Gasteiger partial charge in [0.05, 0.1) is 11.4 Å². The summed E-state index contributed by atoms with van der Waals surface area (Å²) in [5, 5.41) is 3.23. The molecule has 4 nitrogen and oxygen atoms in total. The fraction of sp³-hybridized carbons (Fsp3) is 0.600. The first-order valence-corrected chi connectivity index (χ1v) is 10.4. The highest BCUT2D eigenvalue weighted by Crippen LogP contribution is 2.33. The first kappa shape index (κ1) is 19.8. The van der Waals surface area contributed by atoms with Crippen LogP contribution < -0.4 is 5.32 Å². The molecule has 1 N–H and O–H groups in total. The summed E-state index contributed by atoms with van der Waals surface area (Å²) >= 11 is 1.74. The van der Waals surface area contributed by atoms with Crippen LogP contribution in [0.5, 0.6) is 0 Å². The van der Waals surface area contributed by atoms with Gasteiger partial charge in [-0.3, -0.25) is 9.59 Å². The van der Waals surface area contributed by atoms with E-state index in [-0.39, 0.29) is 29.3 Å². The number of nitrogens with one attached hydrogen (secondary N) is 1. The van der Waals surface area contributed by atoms with Crippen molar-refractivity contribution in [3.63, 3.8) is 0 Å². The quantitative estimate of drug-likeness (QED) is 0.757. The Morgan fingerprint density at radius 1 is 1.24 bits per heavy atom. The normalized spacial score (nSPS) is 21.2. The van der Waals surface area contributed by atoms with Crippen LogP contribution in [0.3, 0.4) is 0 Å². The van der Waals surface area contributed by atoms with Crippen LogP contribution in [0.4, 0.5) is 0 Å². The number of amides is 2. The van der Waals surface area contributed by atoms with Gasteiger partial charge >= 0.3 is 0 Å². The number of thioether (sulfide) groups is 1. The molecule has 138 valence electrons. The predicted octanol–water partition coefficient (Wildman–Crippen LogP) is 4.12. The Morgan fingerprint density at radius 3 is 2.60 bits per heavy atom. The third-order valence-corrected chi connectivity index (χ3v) is 5.98. The second-order valence-corrected chi connectivity index (χ2v) is 7.85. The smallest absolute Gasteiger partial charge is 0.244 e. The zero-order chi connectivity index (χ0) is 18.2. The zero-order valence-corrected chi connectivity index (χ0v) is 16.3. The van der Waals surface area contributed by atoms with E-state index in [1.165, 1.54) is 0 Å². The molecule has 1 aromatic rings. The summed E-state index contributed by atoms with van der Waals surface area (Å²) in [5.41, 5.74) is 1.08. The standard InChI is InChI=1S/C20H30N2O2S/c1-4-6-13-18(23)22-17(14-25-19(22)10-5-2)20(24)21-15(3)16-11-8-7-9-12-16/h7-9,11-12,15,17,19H,4-6,10,13-14H2,1-3H3,(H,21,24)/t15-,17-,19+/m0/s1. The van der Waals surface area contributed by atoms with Crippen molar-refractivity contribution >= 4 is 23.6 Å². The lowest BCUT2D eigenvalue weighted by atomic mass is 10.1. The molecule has 1 saturated heterocycles. The maximum absolute atomic E-state index is 12.8. The molecule has 2 amide bonds. The van der Waals surface area contributed by atoms with E-state index >= 15 is 0 Å². The minimum atomic E-state index is -0.350. The van der Waals surface area contributed by atoms with Gasteiger partial charge < -0.3 is 10.2 Å². The number of benzene rings is 1. The van der Waals surface area contributed by atoms with Crippen LogP contribution in [-0.4, -0.2) is 33.9 Å². The third-order valence-electron chi connectivity index (χ3n) is 4.62. The van der Waals surface area contributed by atoms with Crippen molar-refractivity contribution in [2.75, 3.05) is 5.75 Å². The van der Waals surface area contributed by atoms with Crippen LogP contribution in [0.25, 0.3) is 0 Å². The molecule has 0 unspecified atom stereocenters. The monoisotopic (exact) mass is 362 g/mol. The van der Waals surface area contributed by atoms with E-state index in [2.05, 4.69) is 19.2 Å². The lowest BCUT2D eigenvalue weighted by Gasteiger charge is -2.29. The van der Waals surface area contributed by atoms with Crippen LogP contribution in [0.15, 0.2) is 30.3 Å². The van der Waals surface area contributed by atoms with E-state index in [1.807, 2.05) is 42.2 Å². The largest absolute Gasteiger partial charge is 0.348 e. The average molecular weight is 363 g/mol. The molecule has 1 heterocycles. The van der Waals surface area contributed by atoms with Crippen LogP contribution in [0, 0.1) is 0 Å². The summed E-state index contributed by atoms with van der Waals surface area (Å²) < 4.78 is 0. The van der Waals surface area contributed by atoms with Crippen molar-refractivity contribution in [1.29, 1.82) is 0 Å². The van der Waals surface area contributed by atoms with Gasteiger partial charge in [-0.05, 0) is 25.3 Å². The van der Waals surface area contributed by atoms with E-state index in [0.717, 1.165) is 31.2 Å². The van der Waals surface area contributed by atoms with Gasteiger partial charge in [0.1, 0.15) is 6.04 Å². The number of unbranched alkanes of at least 4 members (excludes halogenated alkanes) is 1. The number of hydrogen-bond acceptors (Lipinski definition) is 3. The number of hydrogen-bond donors (Lipinski definition) is 1. The summed E-state index contributed by atoms with van der Waals surface area (Å²) in [5.74, 6) is 0.778.